The summed E-state index contributed by atoms with van der Waals surface area (Å²) < 4.78 is 16.1. The zero-order valence-corrected chi connectivity index (χ0v) is 47.1. The molecule has 0 saturated carbocycles. The highest BCUT2D eigenvalue weighted by Crippen LogP contribution is 2.48. The summed E-state index contributed by atoms with van der Waals surface area (Å²) in [6.07, 6.45) is 3.79. The lowest BCUT2D eigenvalue weighted by Gasteiger charge is -2.15. The van der Waals surface area contributed by atoms with Crippen LogP contribution in [-0.2, 0) is 0 Å². The lowest BCUT2D eigenvalue weighted by molar-refractivity contribution is 0.672. The standard InChI is InChI=1S/C38H23N3O.C22H13NO.C16H11BrN2/c1-3-13-24(14-4-1)35-31(23-39-38(40-35)25-15-5-2-6-16-25)41-30-21-11-9-19-28(30)33-34-29-20-10-12-22-32(29)42-37(34)27-18-8-7-17-26(27)36(33)41;1-2-8-14-13(7-1)21-19(15-9-3-5-11-17(15)23-21)20-16-10-4-6-12-18(16)24-22(14)20;17-14-11-18-16(13-9-5-2-6-10-13)19-15(14)12-7-3-1-4-8-12/h1-23H;1-12,23H;1-11H. The number of para-hydroxylation sites is 4. The van der Waals surface area contributed by atoms with Crippen LogP contribution in [0.15, 0.2) is 293 Å². The van der Waals surface area contributed by atoms with E-state index in [1.807, 2.05) is 109 Å². The minimum absolute atomic E-state index is 0.701. The van der Waals surface area contributed by atoms with Crippen molar-refractivity contribution in [1.82, 2.24) is 29.5 Å². The summed E-state index contributed by atoms with van der Waals surface area (Å²) in [7, 11) is 0. The third-order valence-electron chi connectivity index (χ3n) is 16.1. The molecule has 0 saturated heterocycles. The van der Waals surface area contributed by atoms with Crippen LogP contribution in [0.3, 0.4) is 0 Å². The van der Waals surface area contributed by atoms with Crippen molar-refractivity contribution in [3.05, 3.63) is 284 Å². The smallest absolute Gasteiger partial charge is 0.159 e. The van der Waals surface area contributed by atoms with Gasteiger partial charge in [-0.05, 0) is 40.2 Å². The second-order valence-electron chi connectivity index (χ2n) is 21.0. The van der Waals surface area contributed by atoms with Gasteiger partial charge in [-0.2, -0.15) is 0 Å². The SMILES string of the molecule is Brc1cnc(-c2ccccc2)nc1-c1ccccc1.c1ccc(-c2ncc(-n3c4ccccc4c4c5c6ccccc6oc5c5ccccc5c43)c(-c3ccccc3)n2)cc1.c1ccc2c(c1)[nH]c1c3ccccc3c3oc4ccccc4c3c21. The molecule has 9 heteroatoms. The number of furan rings is 2. The molecule has 6 aromatic heterocycles. The van der Waals surface area contributed by atoms with Crippen molar-refractivity contribution in [3.63, 3.8) is 0 Å². The van der Waals surface area contributed by atoms with Crippen molar-refractivity contribution in [2.24, 2.45) is 0 Å². The quantitative estimate of drug-likeness (QED) is 0.184. The van der Waals surface area contributed by atoms with Gasteiger partial charge in [-0.1, -0.05) is 243 Å². The molecule has 6 heterocycles. The maximum Gasteiger partial charge on any atom is 0.159 e. The number of H-pyrrole nitrogens is 1. The van der Waals surface area contributed by atoms with E-state index in [4.69, 9.17) is 18.8 Å². The number of hydrogen-bond donors (Lipinski definition) is 1. The number of nitrogens with zero attached hydrogens (tertiary/aromatic N) is 5. The van der Waals surface area contributed by atoms with E-state index in [9.17, 15) is 0 Å². The zero-order chi connectivity index (χ0) is 56.4. The van der Waals surface area contributed by atoms with E-state index in [1.54, 1.807) is 6.20 Å². The predicted molar refractivity (Wildman–Crippen MR) is 353 cm³/mol. The molecule has 1 N–H and O–H groups in total. The van der Waals surface area contributed by atoms with E-state index in [1.165, 1.54) is 43.2 Å². The lowest BCUT2D eigenvalue weighted by Crippen LogP contribution is -2.03. The van der Waals surface area contributed by atoms with Gasteiger partial charge in [0.25, 0.3) is 0 Å². The van der Waals surface area contributed by atoms with E-state index >= 15 is 0 Å². The van der Waals surface area contributed by atoms with Crippen LogP contribution in [0, 0.1) is 0 Å². The zero-order valence-electron chi connectivity index (χ0n) is 45.5. The van der Waals surface area contributed by atoms with Crippen LogP contribution in [0.25, 0.3) is 160 Å². The first-order chi connectivity index (χ1) is 42.1. The molecule has 18 rings (SSSR count). The van der Waals surface area contributed by atoms with Crippen molar-refractivity contribution in [3.8, 4) is 51.0 Å². The molecule has 0 atom stereocenters. The molecule has 85 heavy (non-hydrogen) atoms. The highest BCUT2D eigenvalue weighted by Gasteiger charge is 2.25. The van der Waals surface area contributed by atoms with Gasteiger partial charge in [0.15, 0.2) is 11.6 Å². The summed E-state index contributed by atoms with van der Waals surface area (Å²) in [5.74, 6) is 1.44. The molecule has 12 aromatic carbocycles. The molecule has 0 radical (unpaired) electrons. The van der Waals surface area contributed by atoms with Crippen molar-refractivity contribution in [2.75, 3.05) is 0 Å². The Kier molecular flexibility index (Phi) is 12.2. The second kappa shape index (κ2) is 20.8. The second-order valence-corrected chi connectivity index (χ2v) is 21.8. The first-order valence-corrected chi connectivity index (χ1v) is 29.0. The Labute approximate surface area is 495 Å². The van der Waals surface area contributed by atoms with E-state index < -0.39 is 0 Å². The number of aromatic nitrogens is 6. The normalized spacial score (nSPS) is 11.6. The molecule has 0 aliphatic rings. The van der Waals surface area contributed by atoms with Crippen LogP contribution in [0.5, 0.6) is 0 Å². The van der Waals surface area contributed by atoms with Crippen LogP contribution in [0.1, 0.15) is 0 Å². The maximum absolute atomic E-state index is 6.56. The Morgan fingerprint density at radius 3 is 1.36 bits per heavy atom. The minimum Gasteiger partial charge on any atom is -0.455 e. The number of rotatable bonds is 5. The van der Waals surface area contributed by atoms with Crippen LogP contribution < -0.4 is 0 Å². The van der Waals surface area contributed by atoms with Gasteiger partial charge in [-0.25, -0.2) is 19.9 Å². The molecule has 0 aliphatic carbocycles. The van der Waals surface area contributed by atoms with Gasteiger partial charge in [-0.3, -0.25) is 0 Å². The first-order valence-electron chi connectivity index (χ1n) is 28.2. The summed E-state index contributed by atoms with van der Waals surface area (Å²) >= 11 is 3.51. The third kappa shape index (κ3) is 8.42. The average Bonchev–Trinajstić information content (AvgIpc) is 1.81. The fourth-order valence-corrected chi connectivity index (χ4v) is 12.7. The highest BCUT2D eigenvalue weighted by molar-refractivity contribution is 9.10. The van der Waals surface area contributed by atoms with Gasteiger partial charge in [0.1, 0.15) is 22.3 Å². The predicted octanol–water partition coefficient (Wildman–Crippen LogP) is 20.9. The summed E-state index contributed by atoms with van der Waals surface area (Å²) in [6.45, 7) is 0. The summed E-state index contributed by atoms with van der Waals surface area (Å²) in [6, 6.07) is 91.4. The fraction of sp³-hybridized carbons (Fsp3) is 0. The number of fused-ring (bicyclic) bond motifs is 20. The van der Waals surface area contributed by atoms with Gasteiger partial charge >= 0.3 is 0 Å². The molecule has 8 nitrogen and oxygen atoms in total. The third-order valence-corrected chi connectivity index (χ3v) is 16.6. The van der Waals surface area contributed by atoms with Crippen molar-refractivity contribution < 1.29 is 8.83 Å². The molecular formula is C76H47BrN6O2. The largest absolute Gasteiger partial charge is 0.455 e. The number of hydrogen-bond acceptors (Lipinski definition) is 6. The van der Waals surface area contributed by atoms with Crippen LogP contribution >= 0.6 is 15.9 Å². The molecule has 0 amide bonds. The lowest BCUT2D eigenvalue weighted by atomic mass is 9.99. The van der Waals surface area contributed by atoms with E-state index in [0.717, 1.165) is 115 Å². The Morgan fingerprint density at radius 2 is 0.765 bits per heavy atom. The van der Waals surface area contributed by atoms with Crippen LogP contribution in [0.4, 0.5) is 0 Å². The number of benzene rings is 12. The Morgan fingerprint density at radius 1 is 0.341 bits per heavy atom. The summed E-state index contributed by atoms with van der Waals surface area (Å²) in [5, 5.41) is 14.0. The van der Waals surface area contributed by atoms with Gasteiger partial charge in [0.2, 0.25) is 0 Å². The fourth-order valence-electron chi connectivity index (χ4n) is 12.3. The van der Waals surface area contributed by atoms with Gasteiger partial charge in [-0.15, -0.1) is 0 Å². The Hall–Kier alpha value is -11.0. The number of halogens is 1. The minimum atomic E-state index is 0.701. The number of aromatic amines is 1. The maximum atomic E-state index is 6.56. The molecule has 0 bridgehead atoms. The van der Waals surface area contributed by atoms with E-state index in [0.29, 0.717) is 5.82 Å². The van der Waals surface area contributed by atoms with Gasteiger partial charge < -0.3 is 18.4 Å². The summed E-state index contributed by atoms with van der Waals surface area (Å²) in [5.41, 5.74) is 15.2. The molecule has 400 valence electrons. The first kappa shape index (κ1) is 49.8. The van der Waals surface area contributed by atoms with Gasteiger partial charge in [0, 0.05) is 98.6 Å². The Balaban J connectivity index is 0.000000115. The number of nitrogens with one attached hydrogen (secondary N) is 1. The van der Waals surface area contributed by atoms with Crippen LogP contribution in [0.2, 0.25) is 0 Å². The molecule has 0 aliphatic heterocycles. The molecule has 18 aromatic rings. The van der Waals surface area contributed by atoms with E-state index in [2.05, 4.69) is 199 Å². The van der Waals surface area contributed by atoms with Crippen molar-refractivity contribution >= 4 is 125 Å². The Bertz CT molecular complexity index is 5450. The average molecular weight is 1160 g/mol. The summed E-state index contributed by atoms with van der Waals surface area (Å²) in [4.78, 5) is 22.8. The van der Waals surface area contributed by atoms with Crippen molar-refractivity contribution in [2.45, 2.75) is 0 Å². The van der Waals surface area contributed by atoms with Crippen molar-refractivity contribution in [1.29, 1.82) is 0 Å². The molecular weight excluding hydrogens is 1110 g/mol. The molecule has 0 fully saturated rings. The monoisotopic (exact) mass is 1150 g/mol. The molecule has 0 spiro atoms. The topological polar surface area (TPSA) is 98.6 Å². The van der Waals surface area contributed by atoms with Crippen LogP contribution in [-0.4, -0.2) is 29.5 Å². The highest BCUT2D eigenvalue weighted by atomic mass is 79.9. The van der Waals surface area contributed by atoms with E-state index in [-0.39, 0.29) is 0 Å². The van der Waals surface area contributed by atoms with Gasteiger partial charge in [0.05, 0.1) is 44.3 Å². The molecule has 0 unspecified atom stereocenters.